The Morgan fingerprint density at radius 2 is 2.10 bits per heavy atom. The van der Waals surface area contributed by atoms with Gasteiger partial charge >= 0.3 is 6.09 Å². The predicted octanol–water partition coefficient (Wildman–Crippen LogP) is 1.96. The summed E-state index contributed by atoms with van der Waals surface area (Å²) in [5.41, 5.74) is 7.26. The van der Waals surface area contributed by atoms with Crippen molar-refractivity contribution in [3.8, 4) is 0 Å². The van der Waals surface area contributed by atoms with Gasteiger partial charge in [0.05, 0.1) is 0 Å². The second kappa shape index (κ2) is 6.68. The Balaban J connectivity index is 1.85. The Kier molecular flexibility index (Phi) is 4.93. The lowest BCUT2D eigenvalue weighted by Crippen LogP contribution is -2.31. The predicted molar refractivity (Wildman–Crippen MR) is 78.9 cm³/mol. The summed E-state index contributed by atoms with van der Waals surface area (Å²) in [7, 11) is 1.89. The Labute approximate surface area is 120 Å². The summed E-state index contributed by atoms with van der Waals surface area (Å²) in [6.45, 7) is 5.38. The molecular formula is C15H25N3O2. The molecule has 0 aromatic carbocycles. The van der Waals surface area contributed by atoms with E-state index < -0.39 is 0 Å². The van der Waals surface area contributed by atoms with Crippen molar-refractivity contribution in [1.82, 2.24) is 10.2 Å². The van der Waals surface area contributed by atoms with Gasteiger partial charge in [0.15, 0.2) is 0 Å². The van der Waals surface area contributed by atoms with Gasteiger partial charge in [-0.25, -0.2) is 4.79 Å². The van der Waals surface area contributed by atoms with Gasteiger partial charge in [0, 0.05) is 37.4 Å². The third-order valence-corrected chi connectivity index (χ3v) is 4.09. The quantitative estimate of drug-likeness (QED) is 0.772. The van der Waals surface area contributed by atoms with Crippen molar-refractivity contribution < 1.29 is 9.53 Å². The fourth-order valence-electron chi connectivity index (χ4n) is 3.04. The van der Waals surface area contributed by atoms with Crippen LogP contribution in [0.2, 0.25) is 0 Å². The molecule has 20 heavy (non-hydrogen) atoms. The number of nitrogens with zero attached hydrogens (tertiary/aromatic N) is 1. The number of rotatable bonds is 4. The van der Waals surface area contributed by atoms with Crippen molar-refractivity contribution >= 4 is 6.09 Å². The summed E-state index contributed by atoms with van der Waals surface area (Å²) in [6.07, 6.45) is 6.72. The molecule has 2 rings (SSSR count). The molecule has 0 aromatic heterocycles. The average molecular weight is 279 g/mol. The van der Waals surface area contributed by atoms with Crippen molar-refractivity contribution in [1.29, 1.82) is 0 Å². The normalized spacial score (nSPS) is 26.6. The molecule has 0 radical (unpaired) electrons. The average Bonchev–Trinajstić information content (AvgIpc) is 3.06. The van der Waals surface area contributed by atoms with E-state index in [0.29, 0.717) is 11.6 Å². The van der Waals surface area contributed by atoms with Crippen LogP contribution in [0, 0.1) is 5.92 Å². The second-order valence-corrected chi connectivity index (χ2v) is 5.63. The summed E-state index contributed by atoms with van der Waals surface area (Å²) in [5.74, 6) is 0.372. The number of nitrogens with two attached hydrogens (primary N) is 1. The number of hydrogen-bond donors (Lipinski definition) is 2. The van der Waals surface area contributed by atoms with Gasteiger partial charge in [-0.15, -0.1) is 0 Å². The van der Waals surface area contributed by atoms with Crippen LogP contribution in [0.1, 0.15) is 32.1 Å². The van der Waals surface area contributed by atoms with Crippen molar-refractivity contribution in [3.05, 3.63) is 24.0 Å². The minimum Gasteiger partial charge on any atom is -0.446 e. The maximum Gasteiger partial charge on any atom is 0.410 e. The van der Waals surface area contributed by atoms with Crippen LogP contribution in [0.5, 0.6) is 0 Å². The lowest BCUT2D eigenvalue weighted by molar-refractivity contribution is 0.0702. The van der Waals surface area contributed by atoms with Crippen LogP contribution < -0.4 is 11.1 Å². The number of likely N-dealkylation sites (tertiary alicyclic amines) is 1. The lowest BCUT2D eigenvalue weighted by atomic mass is 10.0. The fourth-order valence-corrected chi connectivity index (χ4v) is 3.04. The Morgan fingerprint density at radius 3 is 2.70 bits per heavy atom. The maximum absolute atomic E-state index is 12.0. The summed E-state index contributed by atoms with van der Waals surface area (Å²) in [5, 5.41) is 3.17. The van der Waals surface area contributed by atoms with E-state index in [0.717, 1.165) is 50.9 Å². The van der Waals surface area contributed by atoms with Crippen LogP contribution in [-0.2, 0) is 4.74 Å². The molecule has 1 aliphatic heterocycles. The van der Waals surface area contributed by atoms with Gasteiger partial charge in [0.25, 0.3) is 0 Å². The molecule has 0 aromatic rings. The van der Waals surface area contributed by atoms with Crippen molar-refractivity contribution in [3.63, 3.8) is 0 Å². The third kappa shape index (κ3) is 3.68. The number of carbonyl (C=O) groups excluding carboxylic acids is 1. The summed E-state index contributed by atoms with van der Waals surface area (Å²) in [4.78, 5) is 13.8. The van der Waals surface area contributed by atoms with Gasteiger partial charge in [0.1, 0.15) is 6.10 Å². The number of hydrogen-bond acceptors (Lipinski definition) is 4. The van der Waals surface area contributed by atoms with Crippen LogP contribution in [-0.4, -0.2) is 37.2 Å². The highest BCUT2D eigenvalue weighted by Gasteiger charge is 2.31. The fraction of sp³-hybridized carbons (Fsp3) is 0.667. The minimum absolute atomic E-state index is 0.0240. The molecule has 3 N–H and O–H groups in total. The van der Waals surface area contributed by atoms with E-state index in [9.17, 15) is 4.79 Å². The first kappa shape index (κ1) is 14.8. The van der Waals surface area contributed by atoms with E-state index in [1.165, 1.54) is 0 Å². The van der Waals surface area contributed by atoms with E-state index in [2.05, 4.69) is 11.9 Å². The van der Waals surface area contributed by atoms with E-state index in [1.54, 1.807) is 0 Å². The minimum atomic E-state index is -0.147. The molecule has 1 amide bonds. The Bertz CT molecular complexity index is 400. The van der Waals surface area contributed by atoms with E-state index >= 15 is 0 Å². The van der Waals surface area contributed by atoms with Crippen molar-refractivity contribution in [2.24, 2.45) is 11.7 Å². The SMILES string of the molecule is C=C(N)/C=C(\NC)C1CCC(OC(=O)N2CCCC2)C1. The summed E-state index contributed by atoms with van der Waals surface area (Å²) in [6, 6.07) is 0. The highest BCUT2D eigenvalue weighted by molar-refractivity contribution is 5.68. The number of nitrogens with one attached hydrogen (secondary N) is 1. The second-order valence-electron chi connectivity index (χ2n) is 5.63. The Hall–Kier alpha value is -1.65. The topological polar surface area (TPSA) is 67.6 Å². The van der Waals surface area contributed by atoms with Crippen molar-refractivity contribution in [2.75, 3.05) is 20.1 Å². The van der Waals surface area contributed by atoms with Crippen LogP contribution in [0.4, 0.5) is 4.79 Å². The van der Waals surface area contributed by atoms with E-state index in [4.69, 9.17) is 10.5 Å². The van der Waals surface area contributed by atoms with Gasteiger partial charge in [0.2, 0.25) is 0 Å². The monoisotopic (exact) mass is 279 g/mol. The Morgan fingerprint density at radius 1 is 1.40 bits per heavy atom. The van der Waals surface area contributed by atoms with Gasteiger partial charge in [-0.05, 0) is 38.2 Å². The number of carbonyl (C=O) groups is 1. The van der Waals surface area contributed by atoms with Gasteiger partial charge in [-0.2, -0.15) is 0 Å². The molecule has 1 saturated carbocycles. The van der Waals surface area contributed by atoms with Crippen LogP contribution in [0.25, 0.3) is 0 Å². The van der Waals surface area contributed by atoms with Gasteiger partial charge in [-0.3, -0.25) is 0 Å². The summed E-state index contributed by atoms with van der Waals surface area (Å²) < 4.78 is 5.60. The van der Waals surface area contributed by atoms with Crippen LogP contribution in [0.3, 0.4) is 0 Å². The standard InChI is InChI=1S/C15H25N3O2/c1-11(16)9-14(17-2)12-5-6-13(10-12)20-15(19)18-7-3-4-8-18/h9,12-13,17H,1,3-8,10,16H2,2H3/b14-9-. The molecule has 2 unspecified atom stereocenters. The zero-order valence-electron chi connectivity index (χ0n) is 12.2. The highest BCUT2D eigenvalue weighted by atomic mass is 16.6. The van der Waals surface area contributed by atoms with Crippen LogP contribution >= 0.6 is 0 Å². The largest absolute Gasteiger partial charge is 0.446 e. The highest BCUT2D eigenvalue weighted by Crippen LogP contribution is 2.32. The zero-order valence-corrected chi connectivity index (χ0v) is 12.2. The number of ether oxygens (including phenoxy) is 1. The molecule has 2 atom stereocenters. The summed E-state index contributed by atoms with van der Waals surface area (Å²) >= 11 is 0. The number of amides is 1. The van der Waals surface area contributed by atoms with Crippen LogP contribution in [0.15, 0.2) is 24.0 Å². The molecule has 0 spiro atoms. The van der Waals surface area contributed by atoms with Crippen molar-refractivity contribution in [2.45, 2.75) is 38.2 Å². The molecule has 1 heterocycles. The smallest absolute Gasteiger partial charge is 0.410 e. The molecule has 2 fully saturated rings. The van der Waals surface area contributed by atoms with Gasteiger partial charge < -0.3 is 20.7 Å². The first-order valence-electron chi connectivity index (χ1n) is 7.39. The molecule has 112 valence electrons. The molecule has 5 heteroatoms. The third-order valence-electron chi connectivity index (χ3n) is 4.09. The molecule has 2 aliphatic rings. The van der Waals surface area contributed by atoms with E-state index in [1.807, 2.05) is 18.0 Å². The number of allylic oxidation sites excluding steroid dienone is 2. The molecule has 1 saturated heterocycles. The first-order valence-corrected chi connectivity index (χ1v) is 7.39. The zero-order chi connectivity index (χ0) is 14.5. The van der Waals surface area contributed by atoms with Gasteiger partial charge in [-0.1, -0.05) is 6.58 Å². The van der Waals surface area contributed by atoms with E-state index in [-0.39, 0.29) is 12.2 Å². The first-order chi connectivity index (χ1) is 9.60. The molecular weight excluding hydrogens is 254 g/mol. The molecule has 5 nitrogen and oxygen atoms in total. The molecule has 0 bridgehead atoms. The lowest BCUT2D eigenvalue weighted by Gasteiger charge is -2.19. The maximum atomic E-state index is 12.0. The molecule has 1 aliphatic carbocycles.